The Morgan fingerprint density at radius 2 is 1.31 bits per heavy atom. The van der Waals surface area contributed by atoms with Gasteiger partial charge in [-0.3, -0.25) is 24.8 Å². The monoisotopic (exact) mass is 793 g/mol. The van der Waals surface area contributed by atoms with Crippen LogP contribution in [-0.2, 0) is 39.4 Å². The Labute approximate surface area is 334 Å². The van der Waals surface area contributed by atoms with Gasteiger partial charge in [-0.1, -0.05) is 87.3 Å². The molecule has 2 atom stereocenters. The SMILES string of the molecule is CC(C)(C)c1cc(C=N[C@H]2CCCC[C@@H]2N=Cc2cc(C(C)(C)C)cc(C(C)(C)C)c2O)c(O)c(CCCN2CCC[N+]3=C2NCCC3)c1.[Co].[O-]N(O)O. The van der Waals surface area contributed by atoms with Crippen molar-refractivity contribution in [3.05, 3.63) is 62.9 Å². The Bertz CT molecular complexity index is 1630. The maximum atomic E-state index is 11.6. The number of guanidine groups is 1. The van der Waals surface area contributed by atoms with Crippen LogP contribution in [0.25, 0.3) is 0 Å². The van der Waals surface area contributed by atoms with Crippen molar-refractivity contribution < 1.29 is 42.0 Å². The second kappa shape index (κ2) is 19.2. The first kappa shape index (κ1) is 45.4. The van der Waals surface area contributed by atoms with Gasteiger partial charge in [0.25, 0.3) is 0 Å². The van der Waals surface area contributed by atoms with Crippen LogP contribution in [0, 0.1) is 5.21 Å². The smallest absolute Gasteiger partial charge is 0.348 e. The number of nitrogens with zero attached hydrogens (tertiary/aromatic N) is 5. The van der Waals surface area contributed by atoms with Gasteiger partial charge in [-0.25, -0.2) is 0 Å². The van der Waals surface area contributed by atoms with Crippen molar-refractivity contribution in [1.82, 2.24) is 15.6 Å². The average Bonchev–Trinajstić information content (AvgIpc) is 3.06. The van der Waals surface area contributed by atoms with Crippen LogP contribution in [0.2, 0.25) is 0 Å². The molecule has 1 saturated carbocycles. The van der Waals surface area contributed by atoms with E-state index in [0.29, 0.717) is 11.5 Å². The van der Waals surface area contributed by atoms with Crippen molar-refractivity contribution in [2.75, 3.05) is 32.7 Å². The fraction of sp³-hybridized carbons (Fsp3) is 0.643. The molecule has 0 amide bonds. The molecule has 1 aliphatic carbocycles. The van der Waals surface area contributed by atoms with E-state index in [1.165, 1.54) is 29.9 Å². The zero-order chi connectivity index (χ0) is 39.1. The average molecular weight is 794 g/mol. The summed E-state index contributed by atoms with van der Waals surface area (Å²) in [5, 5.41) is 47.6. The maximum absolute atomic E-state index is 11.6. The van der Waals surface area contributed by atoms with Crippen molar-refractivity contribution in [3.63, 3.8) is 0 Å². The Hall–Kier alpha value is -3.00. The van der Waals surface area contributed by atoms with Crippen LogP contribution in [-0.4, -0.2) is 98.7 Å². The number of aliphatic imine (C=N–C) groups is 2. The zero-order valence-electron chi connectivity index (χ0n) is 34.1. The molecule has 0 aromatic heterocycles. The molecule has 0 bridgehead atoms. The number of hydrogen-bond acceptors (Lipinski definition) is 10. The van der Waals surface area contributed by atoms with Gasteiger partial charge >= 0.3 is 5.96 Å². The first-order valence-electron chi connectivity index (χ1n) is 19.5. The van der Waals surface area contributed by atoms with Crippen molar-refractivity contribution in [3.8, 4) is 11.5 Å². The summed E-state index contributed by atoms with van der Waals surface area (Å²) in [5.74, 6) is 1.98. The Morgan fingerprint density at radius 3 is 1.85 bits per heavy atom. The molecule has 5 N–H and O–H groups in total. The number of nitrogens with one attached hydrogen (secondary N) is 1. The molecule has 0 unspecified atom stereocenters. The van der Waals surface area contributed by atoms with E-state index in [4.69, 9.17) is 25.6 Å². The van der Waals surface area contributed by atoms with Gasteiger partial charge in [0.15, 0.2) is 0 Å². The van der Waals surface area contributed by atoms with E-state index in [9.17, 15) is 10.2 Å². The molecule has 0 spiro atoms. The number of phenolic OH excluding ortho intramolecular Hbond substituents is 2. The topological polar surface area (TPSA) is 150 Å². The standard InChI is InChI=1S/C42H63N5O2.Co.H2NO3/c1-40(2,3)32-23-29(15-12-19-46-21-14-22-47-20-13-18-43-39(46)47)37(48)30(24-32)27-44-35-16-10-11-17-36(35)45-28-31-25-33(41(4,5)6)26-34(38(31)49)42(7,8)9;;2-1(3)4/h23-28,35-36H,10-22H2,1-9H3,(H2,44,45,48,49);;2-3H/q;;-1/p+1/t35-,36-;;/m0../s1. The third-order valence-electron chi connectivity index (χ3n) is 10.6. The molecule has 2 aromatic rings. The van der Waals surface area contributed by atoms with Crippen molar-refractivity contribution in [2.24, 2.45) is 9.98 Å². The molecule has 0 saturated heterocycles. The number of rotatable bonds is 8. The molecular formula is C42H66CoN6O5. The first-order valence-corrected chi connectivity index (χ1v) is 19.5. The molecule has 2 aliphatic heterocycles. The molecule has 2 aromatic carbocycles. The molecular weight excluding hydrogens is 727 g/mol. The van der Waals surface area contributed by atoms with Crippen LogP contribution in [0.4, 0.5) is 0 Å². The van der Waals surface area contributed by atoms with Crippen molar-refractivity contribution >= 4 is 18.4 Å². The molecule has 3 aliphatic rings. The quantitative estimate of drug-likeness (QED) is 0.106. The van der Waals surface area contributed by atoms with Crippen LogP contribution in [0.3, 0.4) is 0 Å². The molecule has 1 fully saturated rings. The number of benzene rings is 2. The third-order valence-corrected chi connectivity index (χ3v) is 10.6. The van der Waals surface area contributed by atoms with Gasteiger partial charge in [0.05, 0.1) is 44.8 Å². The van der Waals surface area contributed by atoms with Gasteiger partial charge in [-0.2, -0.15) is 0 Å². The zero-order valence-corrected chi connectivity index (χ0v) is 35.1. The minimum Gasteiger partial charge on any atom is -0.738 e. The molecule has 2 heterocycles. The van der Waals surface area contributed by atoms with Crippen LogP contribution < -0.4 is 5.32 Å². The summed E-state index contributed by atoms with van der Waals surface area (Å²) in [6.07, 6.45) is 12.2. The summed E-state index contributed by atoms with van der Waals surface area (Å²) in [6, 6.07) is 8.64. The Kier molecular flexibility index (Phi) is 16.2. The van der Waals surface area contributed by atoms with E-state index in [1.807, 2.05) is 12.4 Å². The van der Waals surface area contributed by atoms with Crippen LogP contribution in [0.15, 0.2) is 34.3 Å². The fourth-order valence-electron chi connectivity index (χ4n) is 7.45. The molecule has 12 heteroatoms. The van der Waals surface area contributed by atoms with Crippen LogP contribution in [0.5, 0.6) is 11.5 Å². The first-order chi connectivity index (χ1) is 24.8. The van der Waals surface area contributed by atoms with E-state index in [1.54, 1.807) is 0 Å². The van der Waals surface area contributed by atoms with Gasteiger partial charge in [0, 0.05) is 58.7 Å². The van der Waals surface area contributed by atoms with E-state index in [0.717, 1.165) is 93.5 Å². The third kappa shape index (κ3) is 12.5. The van der Waals surface area contributed by atoms with E-state index in [-0.39, 0.29) is 45.1 Å². The summed E-state index contributed by atoms with van der Waals surface area (Å²) < 4.78 is 2.50. The largest absolute Gasteiger partial charge is 0.738 e. The Balaban J connectivity index is 0.00000149. The summed E-state index contributed by atoms with van der Waals surface area (Å²) in [4.78, 5) is 12.7. The van der Waals surface area contributed by atoms with E-state index in [2.05, 4.69) is 101 Å². The Morgan fingerprint density at radius 1 is 0.796 bits per heavy atom. The number of aromatic hydroxyl groups is 2. The minimum absolute atomic E-state index is 0. The second-order valence-corrected chi connectivity index (χ2v) is 18.0. The molecule has 303 valence electrons. The van der Waals surface area contributed by atoms with Gasteiger partial charge in [-0.15, -0.1) is 5.39 Å². The molecule has 1 radical (unpaired) electrons. The molecule has 5 rings (SSSR count). The van der Waals surface area contributed by atoms with Gasteiger partial charge < -0.3 is 25.8 Å². The van der Waals surface area contributed by atoms with Gasteiger partial charge in [0.2, 0.25) is 0 Å². The summed E-state index contributed by atoms with van der Waals surface area (Å²) in [7, 11) is 0. The summed E-state index contributed by atoms with van der Waals surface area (Å²) in [5.41, 5.74) is 5.67. The number of phenols is 2. The van der Waals surface area contributed by atoms with Crippen molar-refractivity contribution in [2.45, 2.75) is 142 Å². The number of aryl methyl sites for hydroxylation is 1. The summed E-state index contributed by atoms with van der Waals surface area (Å²) in [6.45, 7) is 25.2. The van der Waals surface area contributed by atoms with E-state index >= 15 is 0 Å². The molecule has 54 heavy (non-hydrogen) atoms. The molecule has 11 nitrogen and oxygen atoms in total. The van der Waals surface area contributed by atoms with Crippen molar-refractivity contribution in [1.29, 1.82) is 0 Å². The predicted molar refractivity (Wildman–Crippen MR) is 214 cm³/mol. The van der Waals surface area contributed by atoms with E-state index < -0.39 is 5.39 Å². The normalized spacial score (nSPS) is 19.8. The predicted octanol–water partition coefficient (Wildman–Crippen LogP) is 7.40. The van der Waals surface area contributed by atoms with Gasteiger partial charge in [-0.05, 0) is 70.8 Å². The second-order valence-electron chi connectivity index (χ2n) is 18.0. The number of hydrogen-bond donors (Lipinski definition) is 5. The van der Waals surface area contributed by atoms with Gasteiger partial charge in [0.1, 0.15) is 11.5 Å². The fourth-order valence-corrected chi connectivity index (χ4v) is 7.45. The van der Waals surface area contributed by atoms with Crippen LogP contribution >= 0.6 is 0 Å². The minimum atomic E-state index is -1.25. The maximum Gasteiger partial charge on any atom is 0.348 e. The van der Waals surface area contributed by atoms with Crippen LogP contribution in [0.1, 0.15) is 141 Å². The summed E-state index contributed by atoms with van der Waals surface area (Å²) >= 11 is 0.